The van der Waals surface area contributed by atoms with Gasteiger partial charge in [0.15, 0.2) is 0 Å². The lowest BCUT2D eigenvalue weighted by Gasteiger charge is -2.14. The number of aryl methyl sites for hydroxylation is 1. The summed E-state index contributed by atoms with van der Waals surface area (Å²) in [5, 5.41) is 2.09. The highest BCUT2D eigenvalue weighted by molar-refractivity contribution is 7.67. The summed E-state index contributed by atoms with van der Waals surface area (Å²) in [5.74, 6) is 0. The van der Waals surface area contributed by atoms with Crippen molar-refractivity contribution < 1.29 is 4.89 Å². The van der Waals surface area contributed by atoms with Gasteiger partial charge in [0.2, 0.25) is 0 Å². The van der Waals surface area contributed by atoms with E-state index < -0.39 is 8.15 Å². The molecule has 0 aliphatic carbocycles. The van der Waals surface area contributed by atoms with E-state index in [0.29, 0.717) is 0 Å². The fourth-order valence-electron chi connectivity index (χ4n) is 1.72. The highest BCUT2D eigenvalue weighted by Crippen LogP contribution is 2.29. The van der Waals surface area contributed by atoms with Gasteiger partial charge in [-0.25, -0.2) is 0 Å². The Kier molecular flexibility index (Phi) is 3.71. The van der Waals surface area contributed by atoms with E-state index in [1.165, 1.54) is 5.56 Å². The van der Waals surface area contributed by atoms with Crippen LogP contribution in [0, 0.1) is 0 Å². The van der Waals surface area contributed by atoms with Crippen LogP contribution in [0.1, 0.15) is 12.5 Å². The maximum absolute atomic E-state index is 10.4. The second kappa shape index (κ2) is 5.25. The van der Waals surface area contributed by atoms with Crippen molar-refractivity contribution in [2.75, 3.05) is 0 Å². The van der Waals surface area contributed by atoms with Crippen molar-refractivity contribution in [3.63, 3.8) is 0 Å². The average molecular weight is 230 g/mol. The van der Waals surface area contributed by atoms with E-state index in [1.54, 1.807) is 0 Å². The molecule has 0 aromatic heterocycles. The number of hydrogen-bond acceptors (Lipinski definition) is 1. The third-order valence-corrected chi connectivity index (χ3v) is 4.28. The first-order valence-corrected chi connectivity index (χ1v) is 6.74. The van der Waals surface area contributed by atoms with E-state index in [2.05, 4.69) is 13.0 Å². The van der Waals surface area contributed by atoms with Gasteiger partial charge in [0.25, 0.3) is 0 Å². The Morgan fingerprint density at radius 3 is 2.25 bits per heavy atom. The summed E-state index contributed by atoms with van der Waals surface area (Å²) in [4.78, 5) is 10.4. The average Bonchev–Trinajstić information content (AvgIpc) is 2.39. The molecule has 1 nitrogen and oxygen atoms in total. The van der Waals surface area contributed by atoms with Crippen LogP contribution >= 0.6 is 8.15 Å². The van der Waals surface area contributed by atoms with E-state index in [4.69, 9.17) is 0 Å². The Balaban J connectivity index is 2.37. The number of rotatable bonds is 3. The lowest BCUT2D eigenvalue weighted by molar-refractivity contribution is 0.644. The standard InChI is InChI=1S/C14H15OP/c1-2-12-8-6-7-11-14(12)16(15)13-9-4-3-5-10-13/h3-11,15H,2H2,1H3. The molecule has 82 valence electrons. The molecular weight excluding hydrogens is 215 g/mol. The summed E-state index contributed by atoms with van der Waals surface area (Å²) >= 11 is 0. The predicted octanol–water partition coefficient (Wildman–Crippen LogP) is 2.59. The first-order valence-electron chi connectivity index (χ1n) is 5.45. The Bertz CT molecular complexity index is 453. The van der Waals surface area contributed by atoms with E-state index in [-0.39, 0.29) is 0 Å². The van der Waals surface area contributed by atoms with Gasteiger partial charge in [0.1, 0.15) is 0 Å². The Morgan fingerprint density at radius 1 is 0.938 bits per heavy atom. The van der Waals surface area contributed by atoms with Crippen molar-refractivity contribution >= 4 is 18.8 Å². The smallest absolute Gasteiger partial charge is 0.0880 e. The van der Waals surface area contributed by atoms with Crippen LogP contribution in [-0.4, -0.2) is 4.89 Å². The van der Waals surface area contributed by atoms with Crippen LogP contribution in [0.4, 0.5) is 0 Å². The highest BCUT2D eigenvalue weighted by Gasteiger charge is 2.12. The van der Waals surface area contributed by atoms with Crippen LogP contribution in [0.25, 0.3) is 0 Å². The van der Waals surface area contributed by atoms with E-state index in [1.807, 2.05) is 48.5 Å². The largest absolute Gasteiger partial charge is 0.364 e. The third kappa shape index (κ3) is 2.32. The first kappa shape index (κ1) is 11.3. The van der Waals surface area contributed by atoms with Crippen molar-refractivity contribution in [2.45, 2.75) is 13.3 Å². The van der Waals surface area contributed by atoms with Gasteiger partial charge in [-0.2, -0.15) is 0 Å². The van der Waals surface area contributed by atoms with Gasteiger partial charge < -0.3 is 4.89 Å². The number of hydrogen-bond donors (Lipinski definition) is 1. The Labute approximate surface area is 97.6 Å². The second-order valence-electron chi connectivity index (χ2n) is 3.63. The van der Waals surface area contributed by atoms with Crippen LogP contribution in [0.2, 0.25) is 0 Å². The summed E-state index contributed by atoms with van der Waals surface area (Å²) < 4.78 is 0. The van der Waals surface area contributed by atoms with Crippen LogP contribution in [-0.2, 0) is 6.42 Å². The molecule has 0 spiro atoms. The SMILES string of the molecule is CCc1ccccc1P(O)c1ccccc1. The summed E-state index contributed by atoms with van der Waals surface area (Å²) in [6, 6.07) is 18.0. The van der Waals surface area contributed by atoms with Crippen molar-refractivity contribution in [3.8, 4) is 0 Å². The first-order chi connectivity index (χ1) is 7.83. The monoisotopic (exact) mass is 230 g/mol. The van der Waals surface area contributed by atoms with Gasteiger partial charge in [0, 0.05) is 10.6 Å². The summed E-state index contributed by atoms with van der Waals surface area (Å²) in [7, 11) is -1.20. The van der Waals surface area contributed by atoms with Crippen LogP contribution in [0.15, 0.2) is 54.6 Å². The molecule has 0 heterocycles. The zero-order valence-electron chi connectivity index (χ0n) is 9.30. The molecule has 0 bridgehead atoms. The highest BCUT2D eigenvalue weighted by atomic mass is 31.1. The topological polar surface area (TPSA) is 20.2 Å². The van der Waals surface area contributed by atoms with Crippen LogP contribution in [0.3, 0.4) is 0 Å². The lowest BCUT2D eigenvalue weighted by atomic mass is 10.2. The Hall–Kier alpha value is -1.17. The van der Waals surface area contributed by atoms with Gasteiger partial charge in [-0.1, -0.05) is 61.5 Å². The van der Waals surface area contributed by atoms with Crippen molar-refractivity contribution in [3.05, 3.63) is 60.2 Å². The minimum atomic E-state index is -1.20. The molecule has 1 atom stereocenters. The lowest BCUT2D eigenvalue weighted by Crippen LogP contribution is -2.14. The van der Waals surface area contributed by atoms with Gasteiger partial charge in [0.05, 0.1) is 8.15 Å². The third-order valence-electron chi connectivity index (χ3n) is 2.60. The summed E-state index contributed by atoms with van der Waals surface area (Å²) in [6.45, 7) is 2.12. The van der Waals surface area contributed by atoms with E-state index in [9.17, 15) is 4.89 Å². The number of benzene rings is 2. The summed E-state index contributed by atoms with van der Waals surface area (Å²) in [6.07, 6.45) is 0.961. The Morgan fingerprint density at radius 2 is 1.56 bits per heavy atom. The molecule has 1 N–H and O–H groups in total. The fourth-order valence-corrected chi connectivity index (χ4v) is 3.19. The van der Waals surface area contributed by atoms with E-state index in [0.717, 1.165) is 17.0 Å². The van der Waals surface area contributed by atoms with Gasteiger partial charge in [-0.15, -0.1) is 0 Å². The predicted molar refractivity (Wildman–Crippen MR) is 70.7 cm³/mol. The maximum atomic E-state index is 10.4. The van der Waals surface area contributed by atoms with Crippen molar-refractivity contribution in [1.29, 1.82) is 0 Å². The molecule has 2 aromatic carbocycles. The molecule has 0 saturated heterocycles. The molecule has 0 fully saturated rings. The molecule has 0 aliphatic heterocycles. The molecule has 0 amide bonds. The minimum absolute atomic E-state index is 0.961. The summed E-state index contributed by atoms with van der Waals surface area (Å²) in [5.41, 5.74) is 1.24. The van der Waals surface area contributed by atoms with Crippen LogP contribution < -0.4 is 10.6 Å². The zero-order chi connectivity index (χ0) is 11.4. The van der Waals surface area contributed by atoms with E-state index >= 15 is 0 Å². The molecule has 0 radical (unpaired) electrons. The van der Waals surface area contributed by atoms with Crippen molar-refractivity contribution in [1.82, 2.24) is 0 Å². The maximum Gasteiger partial charge on any atom is 0.0880 e. The molecular formula is C14H15OP. The molecule has 1 unspecified atom stereocenters. The zero-order valence-corrected chi connectivity index (χ0v) is 10.2. The van der Waals surface area contributed by atoms with Crippen molar-refractivity contribution in [2.24, 2.45) is 0 Å². The van der Waals surface area contributed by atoms with Gasteiger partial charge in [-0.05, 0) is 12.0 Å². The molecule has 2 heteroatoms. The second-order valence-corrected chi connectivity index (χ2v) is 5.25. The molecule has 16 heavy (non-hydrogen) atoms. The van der Waals surface area contributed by atoms with Gasteiger partial charge in [-0.3, -0.25) is 0 Å². The van der Waals surface area contributed by atoms with Crippen LogP contribution in [0.5, 0.6) is 0 Å². The normalized spacial score (nSPS) is 12.4. The van der Waals surface area contributed by atoms with Gasteiger partial charge >= 0.3 is 0 Å². The molecule has 0 saturated carbocycles. The molecule has 2 aromatic rings. The fraction of sp³-hybridized carbons (Fsp3) is 0.143. The quantitative estimate of drug-likeness (QED) is 0.803. The molecule has 0 aliphatic rings. The minimum Gasteiger partial charge on any atom is -0.364 e. The molecule has 2 rings (SSSR count).